The van der Waals surface area contributed by atoms with Crippen molar-refractivity contribution in [3.8, 4) is 11.3 Å². The molecule has 1 fully saturated rings. The summed E-state index contributed by atoms with van der Waals surface area (Å²) in [5.41, 5.74) is 4.85. The molecule has 182 valence electrons. The number of carbonyl (C=O) groups is 1. The average molecular weight is 480 g/mol. The monoisotopic (exact) mass is 479 g/mol. The fourth-order valence-electron chi connectivity index (χ4n) is 4.14. The molecule has 5 rings (SSSR count). The third-order valence-corrected chi connectivity index (χ3v) is 6.25. The number of piperazine rings is 1. The Hall–Kier alpha value is -4.14. The van der Waals surface area contributed by atoms with Gasteiger partial charge in [-0.05, 0) is 55.1 Å². The van der Waals surface area contributed by atoms with Crippen molar-refractivity contribution in [3.05, 3.63) is 96.4 Å². The van der Waals surface area contributed by atoms with Crippen LogP contribution in [0.2, 0.25) is 0 Å². The van der Waals surface area contributed by atoms with Crippen LogP contribution in [0.3, 0.4) is 0 Å². The maximum Gasteiger partial charge on any atom is 0.255 e. The van der Waals surface area contributed by atoms with Crippen LogP contribution in [-0.2, 0) is 6.54 Å². The van der Waals surface area contributed by atoms with Crippen LogP contribution in [0.1, 0.15) is 15.9 Å². The molecule has 0 unspecified atom stereocenters. The van der Waals surface area contributed by atoms with Gasteiger partial charge in [0.05, 0.1) is 17.1 Å². The lowest BCUT2D eigenvalue weighted by atomic mass is 10.1. The maximum absolute atomic E-state index is 13.0. The van der Waals surface area contributed by atoms with Crippen LogP contribution >= 0.6 is 0 Å². The zero-order chi connectivity index (χ0) is 24.7. The number of nitrogens with zero attached hydrogens (tertiary/aromatic N) is 5. The molecule has 1 saturated heterocycles. The summed E-state index contributed by atoms with van der Waals surface area (Å²) in [7, 11) is 2.16. The molecule has 0 aliphatic carbocycles. The van der Waals surface area contributed by atoms with E-state index in [-0.39, 0.29) is 5.91 Å². The number of aromatic nitrogens is 3. The molecule has 1 aliphatic heterocycles. The first kappa shape index (κ1) is 23.6. The van der Waals surface area contributed by atoms with E-state index in [9.17, 15) is 4.79 Å². The number of pyridine rings is 1. The van der Waals surface area contributed by atoms with E-state index in [2.05, 4.69) is 42.4 Å². The van der Waals surface area contributed by atoms with E-state index >= 15 is 0 Å². The third-order valence-electron chi connectivity index (χ3n) is 6.25. The number of hydrogen-bond acceptors (Lipinski definition) is 7. The lowest BCUT2D eigenvalue weighted by Crippen LogP contribution is -2.43. The number of likely N-dealkylation sites (N-methyl/N-ethyl adjacent to an activating group) is 1. The van der Waals surface area contributed by atoms with Crippen molar-refractivity contribution in [2.45, 2.75) is 6.54 Å². The van der Waals surface area contributed by atoms with Gasteiger partial charge in [0.2, 0.25) is 5.95 Å². The SMILES string of the molecule is CN1CCN(Cc2ccc(C(=O)Nc3ccccc3Nc3nccc(-c4cccnc4)n3)cc2)CC1. The average Bonchev–Trinajstić information content (AvgIpc) is 2.92. The van der Waals surface area contributed by atoms with Crippen molar-refractivity contribution in [2.75, 3.05) is 43.9 Å². The van der Waals surface area contributed by atoms with Crippen molar-refractivity contribution in [1.82, 2.24) is 24.8 Å². The van der Waals surface area contributed by atoms with Gasteiger partial charge in [0.15, 0.2) is 0 Å². The maximum atomic E-state index is 13.0. The van der Waals surface area contributed by atoms with E-state index in [0.717, 1.165) is 44.0 Å². The van der Waals surface area contributed by atoms with Gasteiger partial charge in [-0.15, -0.1) is 0 Å². The van der Waals surface area contributed by atoms with Crippen LogP contribution in [0, 0.1) is 0 Å². The Morgan fingerprint density at radius 1 is 0.889 bits per heavy atom. The van der Waals surface area contributed by atoms with Gasteiger partial charge in [-0.25, -0.2) is 9.97 Å². The van der Waals surface area contributed by atoms with Crippen LogP contribution in [0.15, 0.2) is 85.3 Å². The first-order valence-corrected chi connectivity index (χ1v) is 12.0. The molecule has 0 radical (unpaired) electrons. The van der Waals surface area contributed by atoms with Gasteiger partial charge in [0, 0.05) is 62.4 Å². The normalized spacial score (nSPS) is 14.4. The number of carbonyl (C=O) groups excluding carboxylic acids is 1. The quantitative estimate of drug-likeness (QED) is 0.409. The van der Waals surface area contributed by atoms with E-state index in [0.29, 0.717) is 22.9 Å². The number of benzene rings is 2. The zero-order valence-corrected chi connectivity index (χ0v) is 20.3. The predicted octanol–water partition coefficient (Wildman–Crippen LogP) is 4.28. The summed E-state index contributed by atoms with van der Waals surface area (Å²) in [6, 6.07) is 21.0. The molecular formula is C28H29N7O. The molecule has 36 heavy (non-hydrogen) atoms. The molecule has 3 heterocycles. The molecule has 2 N–H and O–H groups in total. The first-order chi connectivity index (χ1) is 17.6. The minimum Gasteiger partial charge on any atom is -0.322 e. The summed E-state index contributed by atoms with van der Waals surface area (Å²) in [5.74, 6) is 0.270. The molecular weight excluding hydrogens is 450 g/mol. The summed E-state index contributed by atoms with van der Waals surface area (Å²) >= 11 is 0. The topological polar surface area (TPSA) is 86.3 Å². The van der Waals surface area contributed by atoms with E-state index in [1.807, 2.05) is 66.7 Å². The highest BCUT2D eigenvalue weighted by Crippen LogP contribution is 2.25. The van der Waals surface area contributed by atoms with Crippen molar-refractivity contribution < 1.29 is 4.79 Å². The lowest BCUT2D eigenvalue weighted by molar-refractivity contribution is 0.102. The van der Waals surface area contributed by atoms with Gasteiger partial charge in [-0.3, -0.25) is 14.7 Å². The van der Waals surface area contributed by atoms with E-state index in [1.165, 1.54) is 5.56 Å². The second kappa shape index (κ2) is 11.1. The Balaban J connectivity index is 1.25. The first-order valence-electron chi connectivity index (χ1n) is 12.0. The second-order valence-electron chi connectivity index (χ2n) is 8.91. The minimum atomic E-state index is -0.166. The highest BCUT2D eigenvalue weighted by Gasteiger charge is 2.15. The molecule has 0 bridgehead atoms. The summed E-state index contributed by atoms with van der Waals surface area (Å²) in [6.07, 6.45) is 5.18. The molecule has 4 aromatic rings. The van der Waals surface area contributed by atoms with E-state index < -0.39 is 0 Å². The van der Waals surface area contributed by atoms with Crippen LogP contribution in [0.5, 0.6) is 0 Å². The van der Waals surface area contributed by atoms with Crippen molar-refractivity contribution in [2.24, 2.45) is 0 Å². The van der Waals surface area contributed by atoms with Crippen molar-refractivity contribution >= 4 is 23.2 Å². The Morgan fingerprint density at radius 2 is 1.67 bits per heavy atom. The minimum absolute atomic E-state index is 0.166. The van der Waals surface area contributed by atoms with Crippen LogP contribution in [-0.4, -0.2) is 63.9 Å². The fourth-order valence-corrected chi connectivity index (χ4v) is 4.14. The Bertz CT molecular complexity index is 1300. The fraction of sp³-hybridized carbons (Fsp3) is 0.214. The largest absolute Gasteiger partial charge is 0.322 e. The molecule has 1 aliphatic rings. The molecule has 8 heteroatoms. The standard InChI is InChI=1S/C28H29N7O/c1-34-15-17-35(18-16-34)20-21-8-10-22(11-9-21)27(36)31-25-6-2-3-7-26(25)33-28-30-14-12-24(32-28)23-5-4-13-29-19-23/h2-14,19H,15-18,20H2,1H3,(H,31,36)(H,30,32,33). The smallest absolute Gasteiger partial charge is 0.255 e. The Labute approximate surface area is 211 Å². The van der Waals surface area contributed by atoms with Gasteiger partial charge in [-0.1, -0.05) is 24.3 Å². The van der Waals surface area contributed by atoms with Gasteiger partial charge >= 0.3 is 0 Å². The van der Waals surface area contributed by atoms with E-state index in [1.54, 1.807) is 18.6 Å². The summed E-state index contributed by atoms with van der Waals surface area (Å²) in [6.45, 7) is 5.22. The van der Waals surface area contributed by atoms with Crippen LogP contribution < -0.4 is 10.6 Å². The van der Waals surface area contributed by atoms with Gasteiger partial charge in [-0.2, -0.15) is 0 Å². The second-order valence-corrected chi connectivity index (χ2v) is 8.91. The summed E-state index contributed by atoms with van der Waals surface area (Å²) in [5, 5.41) is 6.25. The van der Waals surface area contributed by atoms with E-state index in [4.69, 9.17) is 0 Å². The summed E-state index contributed by atoms with van der Waals surface area (Å²) in [4.78, 5) is 30.9. The highest BCUT2D eigenvalue weighted by molar-refractivity contribution is 6.06. The molecule has 2 aromatic heterocycles. The Kier molecular flexibility index (Phi) is 7.25. The number of rotatable bonds is 7. The Morgan fingerprint density at radius 3 is 2.42 bits per heavy atom. The van der Waals surface area contributed by atoms with Crippen LogP contribution in [0.4, 0.5) is 17.3 Å². The van der Waals surface area contributed by atoms with Crippen molar-refractivity contribution in [3.63, 3.8) is 0 Å². The molecule has 0 spiro atoms. The highest BCUT2D eigenvalue weighted by atomic mass is 16.1. The predicted molar refractivity (Wildman–Crippen MR) is 142 cm³/mol. The number of amides is 1. The zero-order valence-electron chi connectivity index (χ0n) is 20.3. The molecule has 0 atom stereocenters. The van der Waals surface area contributed by atoms with Gasteiger partial charge in [0.25, 0.3) is 5.91 Å². The van der Waals surface area contributed by atoms with Gasteiger partial charge < -0.3 is 15.5 Å². The lowest BCUT2D eigenvalue weighted by Gasteiger charge is -2.32. The number of nitrogens with one attached hydrogen (secondary N) is 2. The number of para-hydroxylation sites is 2. The number of anilines is 3. The number of hydrogen-bond donors (Lipinski definition) is 2. The third kappa shape index (κ3) is 5.91. The summed E-state index contributed by atoms with van der Waals surface area (Å²) < 4.78 is 0. The molecule has 0 saturated carbocycles. The van der Waals surface area contributed by atoms with Crippen LogP contribution in [0.25, 0.3) is 11.3 Å². The molecule has 1 amide bonds. The van der Waals surface area contributed by atoms with Gasteiger partial charge in [0.1, 0.15) is 0 Å². The van der Waals surface area contributed by atoms with Crippen molar-refractivity contribution in [1.29, 1.82) is 0 Å². The molecule has 8 nitrogen and oxygen atoms in total. The molecule has 2 aromatic carbocycles.